The molecular weight excluding hydrogens is 397 g/mol. The van der Waals surface area contributed by atoms with Crippen molar-refractivity contribution >= 4 is 45.5 Å². The zero-order valence-electron chi connectivity index (χ0n) is 15.9. The zero-order chi connectivity index (χ0) is 20.4. The summed E-state index contributed by atoms with van der Waals surface area (Å²) in [5.41, 5.74) is 3.34. The molecule has 0 radical (unpaired) electrons. The van der Waals surface area contributed by atoms with Gasteiger partial charge < -0.3 is 14.8 Å². The summed E-state index contributed by atoms with van der Waals surface area (Å²) >= 11 is 12.5. The van der Waals surface area contributed by atoms with Crippen molar-refractivity contribution < 1.29 is 9.47 Å². The molecule has 0 saturated heterocycles. The molecule has 2 aromatic carbocycles. The van der Waals surface area contributed by atoms with E-state index in [-0.39, 0.29) is 5.92 Å². The number of hydrogen-bond donors (Lipinski definition) is 1. The first-order valence-electron chi connectivity index (χ1n) is 8.60. The summed E-state index contributed by atoms with van der Waals surface area (Å²) in [4.78, 5) is 4.45. The number of halogens is 2. The van der Waals surface area contributed by atoms with E-state index in [0.29, 0.717) is 32.7 Å². The fourth-order valence-electron chi connectivity index (χ4n) is 3.00. The molecule has 1 aromatic heterocycles. The van der Waals surface area contributed by atoms with Crippen LogP contribution in [0.3, 0.4) is 0 Å². The molecule has 0 atom stereocenters. The molecule has 0 bridgehead atoms. The number of nitrogens with zero attached hydrogens (tertiary/aromatic N) is 2. The quantitative estimate of drug-likeness (QED) is 0.529. The summed E-state index contributed by atoms with van der Waals surface area (Å²) in [5, 5.41) is 14.4. The third-order valence-electron chi connectivity index (χ3n) is 4.46. The summed E-state index contributed by atoms with van der Waals surface area (Å²) in [6.07, 6.45) is 1.54. The van der Waals surface area contributed by atoms with Crippen LogP contribution in [-0.4, -0.2) is 19.2 Å². The van der Waals surface area contributed by atoms with Crippen LogP contribution in [0.1, 0.15) is 30.9 Å². The number of nitriles is 1. The molecule has 0 aliphatic carbocycles. The summed E-state index contributed by atoms with van der Waals surface area (Å²) in [6, 6.07) is 9.33. The Labute approximate surface area is 173 Å². The van der Waals surface area contributed by atoms with E-state index in [1.807, 2.05) is 12.1 Å². The summed E-state index contributed by atoms with van der Waals surface area (Å²) < 4.78 is 10.8. The molecule has 0 saturated carbocycles. The largest absolute Gasteiger partial charge is 0.496 e. The average molecular weight is 416 g/mol. The molecule has 0 spiro atoms. The number of pyridine rings is 1. The maximum atomic E-state index is 9.60. The van der Waals surface area contributed by atoms with Crippen molar-refractivity contribution in [1.82, 2.24) is 4.98 Å². The van der Waals surface area contributed by atoms with Crippen molar-refractivity contribution in [1.29, 1.82) is 5.26 Å². The zero-order valence-corrected chi connectivity index (χ0v) is 17.4. The van der Waals surface area contributed by atoms with Crippen molar-refractivity contribution in [3.8, 4) is 17.6 Å². The van der Waals surface area contributed by atoms with Gasteiger partial charge >= 0.3 is 0 Å². The Morgan fingerprint density at radius 3 is 2.36 bits per heavy atom. The molecule has 0 amide bonds. The van der Waals surface area contributed by atoms with Gasteiger partial charge in [0.2, 0.25) is 0 Å². The van der Waals surface area contributed by atoms with Gasteiger partial charge in [-0.15, -0.1) is 0 Å². The van der Waals surface area contributed by atoms with Gasteiger partial charge in [-0.25, -0.2) is 0 Å². The highest BCUT2D eigenvalue weighted by molar-refractivity contribution is 6.37. The van der Waals surface area contributed by atoms with Crippen LogP contribution in [0.2, 0.25) is 10.0 Å². The molecule has 1 heterocycles. The number of ether oxygens (including phenoxy) is 2. The lowest BCUT2D eigenvalue weighted by molar-refractivity contribution is 0.408. The van der Waals surface area contributed by atoms with Gasteiger partial charge in [-0.1, -0.05) is 37.0 Å². The predicted molar refractivity (Wildman–Crippen MR) is 113 cm³/mol. The van der Waals surface area contributed by atoms with Gasteiger partial charge in [0, 0.05) is 17.6 Å². The van der Waals surface area contributed by atoms with E-state index in [1.165, 1.54) is 7.11 Å². The predicted octanol–water partition coefficient (Wildman–Crippen LogP) is 6.30. The first-order valence-corrected chi connectivity index (χ1v) is 9.36. The maximum Gasteiger partial charge on any atom is 0.139 e. The Kier molecular flexibility index (Phi) is 5.83. The van der Waals surface area contributed by atoms with Crippen LogP contribution in [0, 0.1) is 11.3 Å². The summed E-state index contributed by atoms with van der Waals surface area (Å²) in [6.45, 7) is 4.18. The minimum absolute atomic E-state index is 0.267. The molecule has 5 nitrogen and oxygen atoms in total. The Hall–Kier alpha value is -2.68. The second kappa shape index (κ2) is 8.14. The Bertz CT molecular complexity index is 1090. The molecule has 28 heavy (non-hydrogen) atoms. The van der Waals surface area contributed by atoms with Crippen molar-refractivity contribution in [3.05, 3.63) is 51.6 Å². The molecule has 3 aromatic rings. The highest BCUT2D eigenvalue weighted by atomic mass is 35.5. The van der Waals surface area contributed by atoms with E-state index in [4.69, 9.17) is 32.7 Å². The highest BCUT2D eigenvalue weighted by Crippen LogP contribution is 2.39. The van der Waals surface area contributed by atoms with E-state index in [0.717, 1.165) is 22.2 Å². The van der Waals surface area contributed by atoms with Crippen LogP contribution in [-0.2, 0) is 0 Å². The highest BCUT2D eigenvalue weighted by Gasteiger charge is 2.17. The van der Waals surface area contributed by atoms with Crippen LogP contribution < -0.4 is 14.8 Å². The number of fused-ring (bicyclic) bond motifs is 1. The van der Waals surface area contributed by atoms with Crippen molar-refractivity contribution in [2.45, 2.75) is 19.8 Å². The monoisotopic (exact) mass is 415 g/mol. The Balaban J connectivity index is 2.23. The van der Waals surface area contributed by atoms with Crippen molar-refractivity contribution in [2.75, 3.05) is 19.5 Å². The molecule has 1 N–H and O–H groups in total. The fourth-order valence-corrected chi connectivity index (χ4v) is 3.51. The van der Waals surface area contributed by atoms with Crippen LogP contribution in [0.4, 0.5) is 11.4 Å². The minimum atomic E-state index is 0.267. The van der Waals surface area contributed by atoms with Crippen molar-refractivity contribution in [2.24, 2.45) is 0 Å². The lowest BCUT2D eigenvalue weighted by Gasteiger charge is -2.17. The van der Waals surface area contributed by atoms with E-state index < -0.39 is 0 Å². The van der Waals surface area contributed by atoms with Gasteiger partial charge in [-0.3, -0.25) is 4.98 Å². The first-order chi connectivity index (χ1) is 13.4. The number of aromatic nitrogens is 1. The molecule has 144 valence electrons. The van der Waals surface area contributed by atoms with Crippen LogP contribution in [0.15, 0.2) is 30.5 Å². The Morgan fingerprint density at radius 2 is 1.75 bits per heavy atom. The van der Waals surface area contributed by atoms with Crippen LogP contribution in [0.25, 0.3) is 10.9 Å². The second-order valence-corrected chi connectivity index (χ2v) is 7.33. The van der Waals surface area contributed by atoms with Gasteiger partial charge in [0.15, 0.2) is 0 Å². The van der Waals surface area contributed by atoms with Gasteiger partial charge in [0.1, 0.15) is 17.6 Å². The topological polar surface area (TPSA) is 67.2 Å². The molecule has 0 unspecified atom stereocenters. The number of methoxy groups -OCH3 is 2. The smallest absolute Gasteiger partial charge is 0.139 e. The third-order valence-corrected chi connectivity index (χ3v) is 5.07. The number of hydrogen-bond acceptors (Lipinski definition) is 5. The Morgan fingerprint density at radius 1 is 1.04 bits per heavy atom. The van der Waals surface area contributed by atoms with E-state index in [2.05, 4.69) is 30.2 Å². The number of benzene rings is 2. The van der Waals surface area contributed by atoms with E-state index in [1.54, 1.807) is 25.4 Å². The van der Waals surface area contributed by atoms with Gasteiger partial charge in [0.05, 0.1) is 46.7 Å². The van der Waals surface area contributed by atoms with Crippen molar-refractivity contribution in [3.63, 3.8) is 0 Å². The minimum Gasteiger partial charge on any atom is -0.496 e. The lowest BCUT2D eigenvalue weighted by atomic mass is 9.98. The molecule has 0 aliphatic rings. The normalized spacial score (nSPS) is 10.8. The van der Waals surface area contributed by atoms with Crippen LogP contribution in [0.5, 0.6) is 11.5 Å². The number of nitrogens with one attached hydrogen (secondary N) is 1. The third kappa shape index (κ3) is 3.66. The van der Waals surface area contributed by atoms with Gasteiger partial charge in [0.25, 0.3) is 0 Å². The molecule has 7 heteroatoms. The van der Waals surface area contributed by atoms with E-state index >= 15 is 0 Å². The molecular formula is C21H19Cl2N3O2. The molecule has 0 fully saturated rings. The standard InChI is InChI=1S/C21H19Cl2N3O2/c1-11(2)13-5-17-14(6-19(13)27-3)21(12(9-24)10-25-17)26-18-8-20(28-4)16(23)7-15(18)22/h5-8,10-11H,1-4H3,(H,25,26). The average Bonchev–Trinajstić information content (AvgIpc) is 2.68. The lowest BCUT2D eigenvalue weighted by Crippen LogP contribution is -2.01. The van der Waals surface area contributed by atoms with Crippen LogP contribution >= 0.6 is 23.2 Å². The number of rotatable bonds is 5. The number of anilines is 2. The van der Waals surface area contributed by atoms with Gasteiger partial charge in [-0.05, 0) is 29.7 Å². The second-order valence-electron chi connectivity index (χ2n) is 6.52. The van der Waals surface area contributed by atoms with Gasteiger partial charge in [-0.2, -0.15) is 5.26 Å². The molecule has 0 aliphatic heterocycles. The summed E-state index contributed by atoms with van der Waals surface area (Å²) in [7, 11) is 3.16. The summed E-state index contributed by atoms with van der Waals surface area (Å²) in [5.74, 6) is 1.48. The first kappa shape index (κ1) is 20.1. The fraction of sp³-hybridized carbons (Fsp3) is 0.238. The molecule has 3 rings (SSSR count). The maximum absolute atomic E-state index is 9.60. The van der Waals surface area contributed by atoms with E-state index in [9.17, 15) is 5.26 Å². The SMILES string of the molecule is COc1cc(Nc2c(C#N)cnc3cc(C(C)C)c(OC)cc23)c(Cl)cc1Cl.